The molecule has 178 valence electrons. The maximum Gasteiger partial charge on any atom is 0.313 e. The molecule has 2 aromatic carbocycles. The number of hydrogen-bond acceptors (Lipinski definition) is 7. The Hall–Kier alpha value is -3.76. The fourth-order valence-electron chi connectivity index (χ4n) is 3.94. The molecule has 2 aliphatic rings. The number of aliphatic carboxylic acids is 1. The summed E-state index contributed by atoms with van der Waals surface area (Å²) in [6.45, 7) is 3.86. The zero-order valence-electron chi connectivity index (χ0n) is 18.8. The van der Waals surface area contributed by atoms with Crippen molar-refractivity contribution in [3.63, 3.8) is 0 Å². The predicted octanol–water partition coefficient (Wildman–Crippen LogP) is 0.999. The van der Waals surface area contributed by atoms with Gasteiger partial charge in [-0.1, -0.05) is 12.1 Å². The van der Waals surface area contributed by atoms with Gasteiger partial charge in [0.25, 0.3) is 11.8 Å². The topological polar surface area (TPSA) is 155 Å². The first-order valence-electron chi connectivity index (χ1n) is 10.8. The summed E-state index contributed by atoms with van der Waals surface area (Å²) in [5.41, 5.74) is 7.73. The van der Waals surface area contributed by atoms with Crippen molar-refractivity contribution in [1.82, 2.24) is 0 Å². The fourth-order valence-corrected chi connectivity index (χ4v) is 3.94. The Morgan fingerprint density at radius 2 is 2.03 bits per heavy atom. The largest absolute Gasteiger partial charge is 0.481 e. The molecule has 5 N–H and O–H groups in total. The lowest BCUT2D eigenvalue weighted by atomic mass is 9.84. The summed E-state index contributed by atoms with van der Waals surface area (Å²) in [4.78, 5) is 43.0. The lowest BCUT2D eigenvalue weighted by Gasteiger charge is -2.34. The number of nitrogens with one attached hydrogen (secondary N) is 1. The van der Waals surface area contributed by atoms with Crippen LogP contribution in [0.25, 0.3) is 0 Å². The molecule has 0 spiro atoms. The number of rotatable bonds is 6. The smallest absolute Gasteiger partial charge is 0.313 e. The number of nitrogens with zero attached hydrogens (tertiary/aromatic N) is 2. The van der Waals surface area contributed by atoms with Gasteiger partial charge < -0.3 is 30.9 Å². The van der Waals surface area contributed by atoms with Gasteiger partial charge in [0.15, 0.2) is 12.2 Å². The van der Waals surface area contributed by atoms with E-state index in [0.717, 1.165) is 11.1 Å². The molecule has 10 heteroatoms. The van der Waals surface area contributed by atoms with Crippen molar-refractivity contribution in [3.05, 3.63) is 59.2 Å². The van der Waals surface area contributed by atoms with Crippen LogP contribution < -0.4 is 16.0 Å². The molecule has 0 saturated carbocycles. The van der Waals surface area contributed by atoms with E-state index in [1.165, 1.54) is 4.90 Å². The minimum atomic E-state index is -1.75. The predicted molar refractivity (Wildman–Crippen MR) is 125 cm³/mol. The Morgan fingerprint density at radius 3 is 2.76 bits per heavy atom. The van der Waals surface area contributed by atoms with Crippen molar-refractivity contribution < 1.29 is 29.3 Å². The number of carbonyl (C=O) groups excluding carboxylic acids is 2. The van der Waals surface area contributed by atoms with E-state index < -0.39 is 35.4 Å². The quantitative estimate of drug-likeness (QED) is 0.495. The molecule has 34 heavy (non-hydrogen) atoms. The van der Waals surface area contributed by atoms with Crippen LogP contribution in [0.5, 0.6) is 0 Å². The van der Waals surface area contributed by atoms with E-state index in [-0.39, 0.29) is 13.2 Å². The normalized spacial score (nSPS) is 18.8. The Morgan fingerprint density at radius 1 is 1.26 bits per heavy atom. The highest BCUT2D eigenvalue weighted by atomic mass is 16.5. The zero-order valence-corrected chi connectivity index (χ0v) is 18.8. The average Bonchev–Trinajstić information content (AvgIpc) is 3.18. The lowest BCUT2D eigenvalue weighted by molar-refractivity contribution is -0.150. The number of carboxylic acids is 1. The van der Waals surface area contributed by atoms with Gasteiger partial charge in [0, 0.05) is 23.5 Å². The van der Waals surface area contributed by atoms with Gasteiger partial charge in [-0.25, -0.2) is 0 Å². The third-order valence-electron chi connectivity index (χ3n) is 6.16. The highest BCUT2D eigenvalue weighted by Gasteiger charge is 2.40. The second-order valence-electron chi connectivity index (χ2n) is 8.77. The van der Waals surface area contributed by atoms with E-state index in [0.29, 0.717) is 29.3 Å². The van der Waals surface area contributed by atoms with Crippen LogP contribution in [0.2, 0.25) is 0 Å². The van der Waals surface area contributed by atoms with Crippen LogP contribution >= 0.6 is 0 Å². The first-order chi connectivity index (χ1) is 16.1. The summed E-state index contributed by atoms with van der Waals surface area (Å²) in [6.07, 6.45) is -3.15. The molecule has 0 aliphatic carbocycles. The highest BCUT2D eigenvalue weighted by Crippen LogP contribution is 2.29. The third kappa shape index (κ3) is 4.25. The Bertz CT molecular complexity index is 1190. The molecule has 2 aromatic rings. The van der Waals surface area contributed by atoms with Crippen molar-refractivity contribution in [2.75, 3.05) is 23.4 Å². The maximum absolute atomic E-state index is 13.1. The van der Waals surface area contributed by atoms with E-state index in [4.69, 9.17) is 10.5 Å². The van der Waals surface area contributed by atoms with E-state index in [9.17, 15) is 24.6 Å². The maximum atomic E-state index is 13.1. The number of carboxylic acid groups (broad SMARTS) is 1. The number of aliphatic hydroxyl groups excluding tert-OH is 1. The van der Waals surface area contributed by atoms with Crippen LogP contribution in [0, 0.1) is 0 Å². The number of fused-ring (bicyclic) bond motifs is 1. The summed E-state index contributed by atoms with van der Waals surface area (Å²) in [7, 11) is 0. The molecule has 4 rings (SSSR count). The monoisotopic (exact) mass is 466 g/mol. The second-order valence-corrected chi connectivity index (χ2v) is 8.77. The Labute approximate surface area is 196 Å². The molecule has 2 atom stereocenters. The molecule has 0 unspecified atom stereocenters. The van der Waals surface area contributed by atoms with Crippen LogP contribution in [0.3, 0.4) is 0 Å². The van der Waals surface area contributed by atoms with E-state index in [1.807, 2.05) is 0 Å². The van der Waals surface area contributed by atoms with Crippen molar-refractivity contribution in [2.45, 2.75) is 38.0 Å². The second kappa shape index (κ2) is 8.88. The highest BCUT2D eigenvalue weighted by molar-refractivity contribution is 6.05. The summed E-state index contributed by atoms with van der Waals surface area (Å²) >= 11 is 0. The van der Waals surface area contributed by atoms with Crippen molar-refractivity contribution in [2.24, 2.45) is 10.7 Å². The van der Waals surface area contributed by atoms with E-state index >= 15 is 0 Å². The number of aliphatic imine (C=N–C) groups is 1. The zero-order chi connectivity index (χ0) is 24.6. The number of amides is 2. The Kier molecular flexibility index (Phi) is 6.11. The molecule has 2 aliphatic heterocycles. The molecule has 1 saturated heterocycles. The van der Waals surface area contributed by atoms with Gasteiger partial charge in [-0.05, 0) is 55.3 Å². The fraction of sp³-hybridized carbons (Fsp3) is 0.333. The number of benzene rings is 2. The summed E-state index contributed by atoms with van der Waals surface area (Å²) in [5.74, 6) is -1.93. The number of carbonyl (C=O) groups is 3. The third-order valence-corrected chi connectivity index (χ3v) is 6.16. The molecular weight excluding hydrogens is 440 g/mol. The molecule has 0 aromatic heterocycles. The molecular formula is C24H26N4O6. The van der Waals surface area contributed by atoms with Crippen molar-refractivity contribution in [1.29, 1.82) is 0 Å². The van der Waals surface area contributed by atoms with Gasteiger partial charge in [-0.15, -0.1) is 0 Å². The summed E-state index contributed by atoms with van der Waals surface area (Å²) < 4.78 is 5.46. The summed E-state index contributed by atoms with van der Waals surface area (Å²) in [5, 5.41) is 22.7. The van der Waals surface area contributed by atoms with Crippen LogP contribution in [0.4, 0.5) is 11.4 Å². The minimum Gasteiger partial charge on any atom is -0.481 e. The Balaban J connectivity index is 1.49. The van der Waals surface area contributed by atoms with Gasteiger partial charge >= 0.3 is 5.97 Å². The van der Waals surface area contributed by atoms with Gasteiger partial charge in [0.2, 0.25) is 0 Å². The minimum absolute atomic E-state index is 0.1000. The van der Waals surface area contributed by atoms with Crippen LogP contribution in [0.1, 0.15) is 30.5 Å². The van der Waals surface area contributed by atoms with Gasteiger partial charge in [-0.3, -0.25) is 19.4 Å². The number of anilines is 2. The molecule has 0 bridgehead atoms. The number of morpholine rings is 1. The van der Waals surface area contributed by atoms with Crippen molar-refractivity contribution in [3.8, 4) is 0 Å². The molecule has 0 radical (unpaired) electrons. The first kappa shape index (κ1) is 23.4. The number of amidine groups is 1. The number of nitrogens with two attached hydrogens (primary N) is 1. The molecule has 2 amide bonds. The first-order valence-corrected chi connectivity index (χ1v) is 10.8. The van der Waals surface area contributed by atoms with Crippen molar-refractivity contribution >= 4 is 35.0 Å². The van der Waals surface area contributed by atoms with E-state index in [2.05, 4.69) is 10.3 Å². The van der Waals surface area contributed by atoms with E-state index in [1.54, 1.807) is 56.3 Å². The lowest BCUT2D eigenvalue weighted by Crippen LogP contribution is -2.55. The van der Waals surface area contributed by atoms with Gasteiger partial charge in [0.1, 0.15) is 5.84 Å². The summed E-state index contributed by atoms with van der Waals surface area (Å²) in [6, 6.07) is 11.7. The van der Waals surface area contributed by atoms with Crippen LogP contribution in [-0.4, -0.2) is 59.2 Å². The van der Waals surface area contributed by atoms with Gasteiger partial charge in [0.05, 0.1) is 18.6 Å². The van der Waals surface area contributed by atoms with Crippen LogP contribution in [0.15, 0.2) is 47.5 Å². The average molecular weight is 466 g/mol. The number of hydrogen-bond donors (Lipinski definition) is 4. The van der Waals surface area contributed by atoms with Gasteiger partial charge in [-0.2, -0.15) is 0 Å². The molecule has 1 fully saturated rings. The SMILES string of the molecule is CC(C)(C(=O)O)c1cccc(N2CCO[C@H]([C@@H](O)C(=O)Nc3ccc4c(c3)CN=C4N)C2=O)c1. The van der Waals surface area contributed by atoms with Crippen LogP contribution in [-0.2, 0) is 31.1 Å². The standard InChI is InChI=1S/C24H26N4O6/c1-24(2,23(32)33)14-4-3-5-16(11-14)28-8-9-34-19(22(28)31)18(29)21(30)27-15-6-7-17-13(10-15)12-26-20(17)25/h3-7,10-11,18-19,29H,8-9,12H2,1-2H3,(H2,25,26)(H,27,30)(H,32,33)/t18-,19-/m1/s1. The molecule has 2 heterocycles. The number of ether oxygens (including phenoxy) is 1. The number of aliphatic hydroxyl groups is 1. The molecule has 10 nitrogen and oxygen atoms in total.